The minimum Gasteiger partial charge on any atom is -0.435 e. The van der Waals surface area contributed by atoms with Crippen LogP contribution < -0.4 is 14.5 Å². The van der Waals surface area contributed by atoms with Crippen LogP contribution in [-0.4, -0.2) is 17.1 Å². The number of nitrogens with zero attached hydrogens (tertiary/aromatic N) is 2. The number of alkyl halides is 2. The molecule has 1 unspecified atom stereocenters. The molecule has 150 valence electrons. The van der Waals surface area contributed by atoms with Crippen LogP contribution in [0.3, 0.4) is 0 Å². The smallest absolute Gasteiger partial charge is 0.387 e. The van der Waals surface area contributed by atoms with Gasteiger partial charge in [-0.1, -0.05) is 23.5 Å². The molecule has 1 aromatic heterocycles. The Labute approximate surface area is 167 Å². The molecular formula is C20H15F3N2O3S. The number of amides is 1. The Morgan fingerprint density at radius 2 is 1.86 bits per heavy atom. The molecule has 29 heavy (non-hydrogen) atoms. The van der Waals surface area contributed by atoms with E-state index in [4.69, 9.17) is 0 Å². The SMILES string of the molecule is Cn1c2c(sc1=O)C(c1cccc(OC(F)F)c1)CC(=O)N2c1ccc(F)cc1. The van der Waals surface area contributed by atoms with Gasteiger partial charge < -0.3 is 4.74 Å². The summed E-state index contributed by atoms with van der Waals surface area (Å²) in [5.74, 6) is -0.827. The molecule has 2 aromatic carbocycles. The van der Waals surface area contributed by atoms with Crippen LogP contribution in [0.25, 0.3) is 0 Å². The van der Waals surface area contributed by atoms with Gasteiger partial charge >= 0.3 is 11.5 Å². The van der Waals surface area contributed by atoms with Crippen molar-refractivity contribution < 1.29 is 22.7 Å². The van der Waals surface area contributed by atoms with Gasteiger partial charge in [-0.15, -0.1) is 0 Å². The molecule has 1 amide bonds. The van der Waals surface area contributed by atoms with Crippen molar-refractivity contribution in [2.75, 3.05) is 4.90 Å². The molecule has 1 aliphatic rings. The molecule has 3 aromatic rings. The van der Waals surface area contributed by atoms with Gasteiger partial charge in [0.05, 0.1) is 10.6 Å². The van der Waals surface area contributed by atoms with Crippen molar-refractivity contribution in [3.05, 3.63) is 74.5 Å². The van der Waals surface area contributed by atoms with Crippen LogP contribution >= 0.6 is 11.3 Å². The summed E-state index contributed by atoms with van der Waals surface area (Å²) in [5, 5.41) is 0. The van der Waals surface area contributed by atoms with E-state index in [1.807, 2.05) is 0 Å². The van der Waals surface area contributed by atoms with E-state index in [-0.39, 0.29) is 23.0 Å². The molecule has 0 spiro atoms. The van der Waals surface area contributed by atoms with Crippen LogP contribution in [-0.2, 0) is 11.8 Å². The van der Waals surface area contributed by atoms with E-state index in [0.29, 0.717) is 21.9 Å². The van der Waals surface area contributed by atoms with E-state index in [9.17, 15) is 22.8 Å². The van der Waals surface area contributed by atoms with Crippen molar-refractivity contribution in [1.29, 1.82) is 0 Å². The van der Waals surface area contributed by atoms with Crippen LogP contribution in [0.2, 0.25) is 0 Å². The van der Waals surface area contributed by atoms with Crippen LogP contribution in [0, 0.1) is 5.82 Å². The monoisotopic (exact) mass is 420 g/mol. The first kappa shape index (κ1) is 19.3. The minimum atomic E-state index is -2.96. The van der Waals surface area contributed by atoms with E-state index in [2.05, 4.69) is 4.74 Å². The predicted molar refractivity (Wildman–Crippen MR) is 103 cm³/mol. The number of hydrogen-bond acceptors (Lipinski definition) is 4. The van der Waals surface area contributed by atoms with Gasteiger partial charge in [0.1, 0.15) is 17.4 Å². The molecule has 1 aliphatic heterocycles. The number of carbonyl (C=O) groups excluding carboxylic acids is 1. The molecule has 2 heterocycles. The standard InChI is InChI=1S/C20H15F3N2O3S/c1-24-18-17(29-20(24)27)15(11-3-2-4-14(9-11)28-19(22)23)10-16(26)25(18)13-7-5-12(21)6-8-13/h2-9,15,19H,10H2,1H3. The van der Waals surface area contributed by atoms with Gasteiger partial charge in [-0.2, -0.15) is 8.78 Å². The quantitative estimate of drug-likeness (QED) is 0.629. The van der Waals surface area contributed by atoms with Crippen LogP contribution in [0.15, 0.2) is 53.3 Å². The van der Waals surface area contributed by atoms with E-state index in [1.54, 1.807) is 19.2 Å². The number of hydrogen-bond donors (Lipinski definition) is 0. The zero-order chi connectivity index (χ0) is 20.7. The fourth-order valence-corrected chi connectivity index (χ4v) is 4.55. The molecule has 1 atom stereocenters. The van der Waals surface area contributed by atoms with Crippen LogP contribution in [0.4, 0.5) is 24.7 Å². The largest absolute Gasteiger partial charge is 0.435 e. The third kappa shape index (κ3) is 3.53. The Morgan fingerprint density at radius 3 is 2.55 bits per heavy atom. The van der Waals surface area contributed by atoms with Crippen molar-refractivity contribution in [2.24, 2.45) is 7.05 Å². The van der Waals surface area contributed by atoms with Gasteiger partial charge in [0.25, 0.3) is 0 Å². The maximum atomic E-state index is 13.3. The molecule has 4 rings (SSSR count). The molecule has 0 fully saturated rings. The fraction of sp³-hybridized carbons (Fsp3) is 0.200. The second kappa shape index (κ2) is 7.40. The van der Waals surface area contributed by atoms with Crippen molar-refractivity contribution in [3.63, 3.8) is 0 Å². The number of carbonyl (C=O) groups is 1. The lowest BCUT2D eigenvalue weighted by molar-refractivity contribution is -0.118. The summed E-state index contributed by atoms with van der Waals surface area (Å²) in [5.41, 5.74) is 1.04. The first-order chi connectivity index (χ1) is 13.8. The van der Waals surface area contributed by atoms with Crippen molar-refractivity contribution >= 4 is 28.7 Å². The molecule has 0 saturated carbocycles. The van der Waals surface area contributed by atoms with E-state index < -0.39 is 18.3 Å². The minimum absolute atomic E-state index is 0.0178. The van der Waals surface area contributed by atoms with E-state index >= 15 is 0 Å². The second-order valence-electron chi connectivity index (χ2n) is 6.53. The summed E-state index contributed by atoms with van der Waals surface area (Å²) >= 11 is 0.994. The number of fused-ring (bicyclic) bond motifs is 1. The number of ether oxygens (including phenoxy) is 1. The van der Waals surface area contributed by atoms with E-state index in [0.717, 1.165) is 11.3 Å². The molecule has 0 bridgehead atoms. The van der Waals surface area contributed by atoms with Crippen molar-refractivity contribution in [3.8, 4) is 5.75 Å². The topological polar surface area (TPSA) is 51.5 Å². The Hall–Kier alpha value is -3.07. The van der Waals surface area contributed by atoms with Crippen molar-refractivity contribution in [1.82, 2.24) is 4.57 Å². The second-order valence-corrected chi connectivity index (χ2v) is 7.52. The first-order valence-corrected chi connectivity index (χ1v) is 9.50. The number of aromatic nitrogens is 1. The number of thiazole rings is 1. The summed E-state index contributed by atoms with van der Waals surface area (Å²) < 4.78 is 44.3. The van der Waals surface area contributed by atoms with Gasteiger partial charge in [0.2, 0.25) is 5.91 Å². The lowest BCUT2D eigenvalue weighted by atomic mass is 9.90. The Balaban J connectivity index is 1.82. The Morgan fingerprint density at radius 1 is 1.14 bits per heavy atom. The van der Waals surface area contributed by atoms with Crippen molar-refractivity contribution in [2.45, 2.75) is 19.0 Å². The third-order valence-electron chi connectivity index (χ3n) is 4.74. The summed E-state index contributed by atoms with van der Waals surface area (Å²) in [6.07, 6.45) is 0.0302. The lowest BCUT2D eigenvalue weighted by Gasteiger charge is -2.32. The fourth-order valence-electron chi connectivity index (χ4n) is 3.46. The Bertz CT molecular complexity index is 1120. The summed E-state index contributed by atoms with van der Waals surface area (Å²) in [6.45, 7) is -2.96. The van der Waals surface area contributed by atoms with Crippen LogP contribution in [0.1, 0.15) is 22.8 Å². The van der Waals surface area contributed by atoms with Gasteiger partial charge in [-0.3, -0.25) is 19.1 Å². The summed E-state index contributed by atoms with van der Waals surface area (Å²) in [4.78, 5) is 27.2. The first-order valence-electron chi connectivity index (χ1n) is 8.68. The zero-order valence-corrected chi connectivity index (χ0v) is 16.0. The number of rotatable bonds is 4. The lowest BCUT2D eigenvalue weighted by Crippen LogP contribution is -2.34. The highest BCUT2D eigenvalue weighted by Gasteiger charge is 2.37. The number of anilines is 2. The molecule has 0 N–H and O–H groups in total. The summed E-state index contributed by atoms with van der Waals surface area (Å²) in [7, 11) is 1.56. The molecule has 0 saturated heterocycles. The molecule has 9 heteroatoms. The third-order valence-corrected chi connectivity index (χ3v) is 5.87. The van der Waals surface area contributed by atoms with Gasteiger partial charge in [-0.05, 0) is 42.0 Å². The number of halogens is 3. The maximum absolute atomic E-state index is 13.3. The molecule has 0 aliphatic carbocycles. The van der Waals surface area contributed by atoms with Gasteiger partial charge in [0, 0.05) is 19.4 Å². The average Bonchev–Trinajstić information content (AvgIpc) is 2.97. The Kier molecular flexibility index (Phi) is 4.91. The predicted octanol–water partition coefficient (Wildman–Crippen LogP) is 4.39. The highest BCUT2D eigenvalue weighted by molar-refractivity contribution is 7.10. The maximum Gasteiger partial charge on any atom is 0.387 e. The average molecular weight is 420 g/mol. The van der Waals surface area contributed by atoms with Crippen LogP contribution in [0.5, 0.6) is 5.75 Å². The molecular weight excluding hydrogens is 405 g/mol. The normalized spacial score (nSPS) is 16.2. The van der Waals surface area contributed by atoms with Gasteiger partial charge in [0.15, 0.2) is 0 Å². The highest BCUT2D eigenvalue weighted by Crippen LogP contribution is 2.44. The zero-order valence-electron chi connectivity index (χ0n) is 15.1. The number of benzene rings is 2. The summed E-state index contributed by atoms with van der Waals surface area (Å²) in [6, 6.07) is 11.5. The molecule has 5 nitrogen and oxygen atoms in total. The molecule has 0 radical (unpaired) electrons. The highest BCUT2D eigenvalue weighted by atomic mass is 32.1. The van der Waals surface area contributed by atoms with Gasteiger partial charge in [-0.25, -0.2) is 4.39 Å². The van der Waals surface area contributed by atoms with E-state index in [1.165, 1.54) is 45.9 Å².